The van der Waals surface area contributed by atoms with Gasteiger partial charge in [0, 0.05) is 40.9 Å². The van der Waals surface area contributed by atoms with Crippen LogP contribution in [0.2, 0.25) is 0 Å². The molecular formula is C30H26N4O3. The van der Waals surface area contributed by atoms with Gasteiger partial charge in [0.25, 0.3) is 0 Å². The van der Waals surface area contributed by atoms with E-state index in [4.69, 9.17) is 0 Å². The first-order chi connectivity index (χ1) is 18.0. The van der Waals surface area contributed by atoms with Crippen LogP contribution in [-0.4, -0.2) is 34.3 Å². The van der Waals surface area contributed by atoms with E-state index in [-0.39, 0.29) is 11.7 Å². The third-order valence-electron chi connectivity index (χ3n) is 6.13. The third-order valence-corrected chi connectivity index (χ3v) is 6.13. The Kier molecular flexibility index (Phi) is 7.03. The maximum atomic E-state index is 13.2. The van der Waals surface area contributed by atoms with Crippen LogP contribution in [0.5, 0.6) is 0 Å². The van der Waals surface area contributed by atoms with Crippen LogP contribution in [0.4, 0.5) is 5.69 Å². The van der Waals surface area contributed by atoms with Gasteiger partial charge < -0.3 is 10.6 Å². The number of hydrogen-bond acceptors (Lipinski definition) is 4. The molecule has 4 aromatic rings. The molecule has 7 heteroatoms. The Labute approximate surface area is 214 Å². The molecule has 3 N–H and O–H groups in total. The summed E-state index contributed by atoms with van der Waals surface area (Å²) in [5.74, 6) is -0.344. The van der Waals surface area contributed by atoms with Crippen molar-refractivity contribution in [2.45, 2.75) is 12.8 Å². The van der Waals surface area contributed by atoms with E-state index in [2.05, 4.69) is 20.8 Å². The molecule has 0 spiro atoms. The van der Waals surface area contributed by atoms with E-state index in [1.165, 1.54) is 12.2 Å². The number of rotatable bonds is 9. The van der Waals surface area contributed by atoms with Crippen LogP contribution in [-0.2, 0) is 9.59 Å². The molecule has 5 rings (SSSR count). The fraction of sp³-hybridized carbons (Fsp3) is 0.133. The van der Waals surface area contributed by atoms with Crippen molar-refractivity contribution in [1.29, 1.82) is 0 Å². The van der Waals surface area contributed by atoms with E-state index < -0.39 is 5.91 Å². The molecule has 0 atom stereocenters. The van der Waals surface area contributed by atoms with E-state index in [0.717, 1.165) is 35.0 Å². The number of carbonyl (C=O) groups excluding carboxylic acids is 3. The van der Waals surface area contributed by atoms with Crippen LogP contribution in [0, 0.1) is 5.92 Å². The molecule has 2 amide bonds. The minimum absolute atomic E-state index is 0.177. The Bertz CT molecular complexity index is 1510. The summed E-state index contributed by atoms with van der Waals surface area (Å²) in [5.41, 5.74) is 4.03. The Morgan fingerprint density at radius 3 is 2.46 bits per heavy atom. The maximum absolute atomic E-state index is 13.2. The normalized spacial score (nSPS) is 13.3. The number of anilines is 1. The molecule has 7 nitrogen and oxygen atoms in total. The molecule has 0 aliphatic heterocycles. The number of amides is 2. The zero-order valence-corrected chi connectivity index (χ0v) is 20.1. The molecule has 0 radical (unpaired) electrons. The Hall–Kier alpha value is -4.78. The molecule has 1 aliphatic rings. The van der Waals surface area contributed by atoms with Crippen molar-refractivity contribution in [2.75, 3.05) is 11.9 Å². The summed E-state index contributed by atoms with van der Waals surface area (Å²) in [6.45, 7) is 0.644. The van der Waals surface area contributed by atoms with Gasteiger partial charge in [-0.15, -0.1) is 0 Å². The molecule has 1 aromatic heterocycles. The number of nitrogens with one attached hydrogen (secondary N) is 3. The second-order valence-corrected chi connectivity index (χ2v) is 9.03. The van der Waals surface area contributed by atoms with E-state index >= 15 is 0 Å². The van der Waals surface area contributed by atoms with Crippen molar-refractivity contribution in [2.24, 2.45) is 5.92 Å². The Morgan fingerprint density at radius 2 is 1.65 bits per heavy atom. The highest BCUT2D eigenvalue weighted by Gasteiger charge is 2.21. The summed E-state index contributed by atoms with van der Waals surface area (Å²) >= 11 is 0. The fourth-order valence-corrected chi connectivity index (χ4v) is 3.91. The number of aromatic amines is 1. The van der Waals surface area contributed by atoms with Crippen LogP contribution in [0.3, 0.4) is 0 Å². The van der Waals surface area contributed by atoms with Gasteiger partial charge in [-0.25, -0.2) is 0 Å². The van der Waals surface area contributed by atoms with Crippen molar-refractivity contribution < 1.29 is 14.4 Å². The number of aromatic nitrogens is 2. The number of carbonyl (C=O) groups is 3. The van der Waals surface area contributed by atoms with Crippen LogP contribution >= 0.6 is 0 Å². The number of H-pyrrole nitrogens is 1. The zero-order chi connectivity index (χ0) is 25.6. The van der Waals surface area contributed by atoms with Crippen LogP contribution < -0.4 is 10.6 Å². The van der Waals surface area contributed by atoms with Crippen molar-refractivity contribution in [3.63, 3.8) is 0 Å². The van der Waals surface area contributed by atoms with Gasteiger partial charge in [0.05, 0.1) is 11.2 Å². The second kappa shape index (κ2) is 10.9. The highest BCUT2D eigenvalue weighted by molar-refractivity contribution is 6.11. The monoisotopic (exact) mass is 490 g/mol. The first kappa shape index (κ1) is 23.9. The van der Waals surface area contributed by atoms with Crippen molar-refractivity contribution in [3.05, 3.63) is 107 Å². The topological polar surface area (TPSA) is 104 Å². The van der Waals surface area contributed by atoms with Gasteiger partial charge in [-0.05, 0) is 54.7 Å². The minimum Gasteiger partial charge on any atom is -0.352 e. The van der Waals surface area contributed by atoms with Gasteiger partial charge in [-0.2, -0.15) is 5.10 Å². The molecule has 0 unspecified atom stereocenters. The molecule has 0 saturated heterocycles. The van der Waals surface area contributed by atoms with E-state index in [0.29, 0.717) is 29.3 Å². The standard InChI is InChI=1S/C30H26N4O3/c35-28(31-19-21-9-10-21)15-16-29(36)32-24-8-4-7-22(17-24)30(37)23-12-13-25-26(33-34-27(25)18-23)14-11-20-5-2-1-3-6-20/h1-8,11-18,21H,9-10,19H2,(H,31,35)(H,32,36)(H,33,34)/b14-11+,16-15+. The number of fused-ring (bicyclic) bond motifs is 1. The smallest absolute Gasteiger partial charge is 0.248 e. The SMILES string of the molecule is O=C(/C=C/C(=O)Nc1cccc(C(=O)c2ccc3c(/C=C/c4ccccc4)n[nH]c3c2)c1)NCC1CC1. The molecule has 3 aromatic carbocycles. The Morgan fingerprint density at radius 1 is 0.865 bits per heavy atom. The fourth-order valence-electron chi connectivity index (χ4n) is 3.91. The molecular weight excluding hydrogens is 464 g/mol. The summed E-state index contributed by atoms with van der Waals surface area (Å²) in [4.78, 5) is 37.2. The van der Waals surface area contributed by atoms with Gasteiger partial charge in [0.15, 0.2) is 5.78 Å². The lowest BCUT2D eigenvalue weighted by Crippen LogP contribution is -2.23. The predicted octanol–water partition coefficient (Wildman–Crippen LogP) is 4.99. The maximum Gasteiger partial charge on any atom is 0.248 e. The van der Waals surface area contributed by atoms with Gasteiger partial charge in [-0.1, -0.05) is 54.6 Å². The van der Waals surface area contributed by atoms with Gasteiger partial charge in [0.1, 0.15) is 0 Å². The number of nitrogens with zero attached hydrogens (tertiary/aromatic N) is 1. The van der Waals surface area contributed by atoms with E-state index in [1.54, 1.807) is 36.4 Å². The van der Waals surface area contributed by atoms with Crippen LogP contribution in [0.25, 0.3) is 23.1 Å². The van der Waals surface area contributed by atoms with E-state index in [9.17, 15) is 14.4 Å². The summed E-state index contributed by atoms with van der Waals surface area (Å²) in [7, 11) is 0. The molecule has 37 heavy (non-hydrogen) atoms. The Balaban J connectivity index is 1.25. The molecule has 1 heterocycles. The van der Waals surface area contributed by atoms with Crippen molar-refractivity contribution in [1.82, 2.24) is 15.5 Å². The lowest BCUT2D eigenvalue weighted by Gasteiger charge is -2.06. The molecule has 1 saturated carbocycles. The predicted molar refractivity (Wildman–Crippen MR) is 145 cm³/mol. The molecule has 184 valence electrons. The lowest BCUT2D eigenvalue weighted by molar-refractivity contribution is -0.117. The summed E-state index contributed by atoms with van der Waals surface area (Å²) in [6.07, 6.45) is 8.62. The highest BCUT2D eigenvalue weighted by atomic mass is 16.2. The van der Waals surface area contributed by atoms with Gasteiger partial charge in [-0.3, -0.25) is 19.5 Å². The van der Waals surface area contributed by atoms with E-state index in [1.807, 2.05) is 48.6 Å². The zero-order valence-electron chi connectivity index (χ0n) is 20.1. The molecule has 1 aliphatic carbocycles. The van der Waals surface area contributed by atoms with Crippen LogP contribution in [0.15, 0.2) is 84.9 Å². The number of hydrogen-bond donors (Lipinski definition) is 3. The highest BCUT2D eigenvalue weighted by Crippen LogP contribution is 2.27. The van der Waals surface area contributed by atoms with Crippen molar-refractivity contribution in [3.8, 4) is 0 Å². The lowest BCUT2D eigenvalue weighted by atomic mass is 10.0. The first-order valence-corrected chi connectivity index (χ1v) is 12.2. The average Bonchev–Trinajstić information content (AvgIpc) is 3.67. The largest absolute Gasteiger partial charge is 0.352 e. The molecule has 1 fully saturated rings. The summed E-state index contributed by atoms with van der Waals surface area (Å²) in [5, 5.41) is 13.8. The third kappa shape index (κ3) is 6.27. The molecule has 0 bridgehead atoms. The summed E-state index contributed by atoms with van der Waals surface area (Å²) < 4.78 is 0. The minimum atomic E-state index is -0.443. The van der Waals surface area contributed by atoms with Crippen molar-refractivity contribution >= 4 is 46.3 Å². The first-order valence-electron chi connectivity index (χ1n) is 12.2. The average molecular weight is 491 g/mol. The number of benzene rings is 3. The van der Waals surface area contributed by atoms with Crippen LogP contribution in [0.1, 0.15) is 40.0 Å². The van der Waals surface area contributed by atoms with Gasteiger partial charge >= 0.3 is 0 Å². The number of ketones is 1. The quantitative estimate of drug-likeness (QED) is 0.227. The second-order valence-electron chi connectivity index (χ2n) is 9.03. The van der Waals surface area contributed by atoms with Gasteiger partial charge in [0.2, 0.25) is 11.8 Å². The summed E-state index contributed by atoms with van der Waals surface area (Å²) in [6, 6.07) is 22.1.